The van der Waals surface area contributed by atoms with Crippen LogP contribution < -0.4 is 15.4 Å². The quantitative estimate of drug-likeness (QED) is 0.193. The third kappa shape index (κ3) is 8.75. The Kier molecular flexibility index (Phi) is 10.0. The normalized spacial score (nSPS) is 15.6. The number of likely N-dealkylation sites (tertiary alicyclic amines) is 1. The molecule has 3 aromatic rings. The summed E-state index contributed by atoms with van der Waals surface area (Å²) in [6.07, 6.45) is -3.32. The van der Waals surface area contributed by atoms with Crippen molar-refractivity contribution in [3.63, 3.8) is 0 Å². The van der Waals surface area contributed by atoms with Crippen LogP contribution in [0.3, 0.4) is 0 Å². The van der Waals surface area contributed by atoms with E-state index in [-0.39, 0.29) is 23.3 Å². The van der Waals surface area contributed by atoms with Crippen molar-refractivity contribution in [2.75, 3.05) is 57.1 Å². The predicted molar refractivity (Wildman–Crippen MR) is 158 cm³/mol. The topological polar surface area (TPSA) is 88.9 Å². The smallest absolute Gasteiger partial charge is 0.420 e. The lowest BCUT2D eigenvalue weighted by atomic mass is 9.78. The maximum absolute atomic E-state index is 13.6. The molecule has 2 N–H and O–H groups in total. The lowest BCUT2D eigenvalue weighted by molar-refractivity contribution is -0.189. The molecule has 0 radical (unpaired) electrons. The van der Waals surface area contributed by atoms with E-state index >= 15 is 0 Å². The van der Waals surface area contributed by atoms with Crippen molar-refractivity contribution < 1.29 is 32.0 Å². The van der Waals surface area contributed by atoms with Crippen LogP contribution >= 0.6 is 0 Å². The molecule has 2 aliphatic heterocycles. The lowest BCUT2D eigenvalue weighted by Crippen LogP contribution is -2.65. The van der Waals surface area contributed by atoms with E-state index in [0.29, 0.717) is 29.5 Å². The molecule has 2 aromatic carbocycles. The molecular weight excluding hydrogens is 561 g/mol. The Morgan fingerprint density at radius 3 is 2.26 bits per heavy atom. The van der Waals surface area contributed by atoms with Gasteiger partial charge in [0.15, 0.2) is 5.82 Å². The van der Waals surface area contributed by atoms with Crippen LogP contribution in [-0.2, 0) is 21.1 Å². The minimum absolute atomic E-state index is 0.0437. The average Bonchev–Trinajstić information content (AvgIpc) is 3.41. The van der Waals surface area contributed by atoms with E-state index < -0.39 is 11.7 Å². The summed E-state index contributed by atoms with van der Waals surface area (Å²) in [5, 5.41) is 9.24. The Hall–Kier alpha value is -4.01. The van der Waals surface area contributed by atoms with Gasteiger partial charge in [-0.2, -0.15) is 13.2 Å². The van der Waals surface area contributed by atoms with Crippen molar-refractivity contribution in [1.82, 2.24) is 10.1 Å². The molecule has 8 nitrogen and oxygen atoms in total. The van der Waals surface area contributed by atoms with Gasteiger partial charge in [-0.15, -0.1) is 0 Å². The Morgan fingerprint density at radius 2 is 1.72 bits per heavy atom. The summed E-state index contributed by atoms with van der Waals surface area (Å²) >= 11 is 0. The van der Waals surface area contributed by atoms with E-state index in [4.69, 9.17) is 14.0 Å². The van der Waals surface area contributed by atoms with Gasteiger partial charge in [0.25, 0.3) is 0 Å². The molecule has 1 aromatic heterocycles. The fourth-order valence-corrected chi connectivity index (χ4v) is 4.67. The van der Waals surface area contributed by atoms with Gasteiger partial charge in [-0.1, -0.05) is 37.8 Å². The van der Waals surface area contributed by atoms with Crippen LogP contribution in [0.5, 0.6) is 5.75 Å². The molecule has 43 heavy (non-hydrogen) atoms. The van der Waals surface area contributed by atoms with Crippen LogP contribution in [0.2, 0.25) is 0 Å². The largest absolute Gasteiger partial charge is 0.493 e. The van der Waals surface area contributed by atoms with Gasteiger partial charge in [0, 0.05) is 60.4 Å². The fraction of sp³-hybridized carbons (Fsp3) is 0.438. The number of halogens is 3. The number of carbonyl (C=O) groups is 1. The number of hydrogen-bond acceptors (Lipinski definition) is 7. The highest BCUT2D eigenvalue weighted by Gasteiger charge is 2.48. The zero-order chi connectivity index (χ0) is 31.1. The van der Waals surface area contributed by atoms with Gasteiger partial charge >= 0.3 is 6.18 Å². The van der Waals surface area contributed by atoms with Crippen LogP contribution in [0.25, 0.3) is 0 Å². The molecule has 3 heterocycles. The van der Waals surface area contributed by atoms with Gasteiger partial charge in [0.1, 0.15) is 11.5 Å². The molecular formula is C32H37F3N4O4. The van der Waals surface area contributed by atoms with E-state index in [1.54, 1.807) is 24.3 Å². The maximum atomic E-state index is 13.6. The molecule has 2 aliphatic rings. The van der Waals surface area contributed by atoms with Crippen LogP contribution in [-0.4, -0.2) is 63.0 Å². The van der Waals surface area contributed by atoms with Crippen molar-refractivity contribution in [2.24, 2.45) is 5.41 Å². The summed E-state index contributed by atoms with van der Waals surface area (Å²) in [7, 11) is 1.82. The summed E-state index contributed by atoms with van der Waals surface area (Å²) in [6.45, 7) is 10.9. The number of ether oxygens (including phenoxy) is 2. The van der Waals surface area contributed by atoms with Gasteiger partial charge in [-0.05, 0) is 48.9 Å². The summed E-state index contributed by atoms with van der Waals surface area (Å²) in [5.74, 6) is 7.10. The van der Waals surface area contributed by atoms with Crippen molar-refractivity contribution >= 4 is 17.9 Å². The monoisotopic (exact) mass is 598 g/mol. The number of nitrogens with one attached hydrogen (secondary N) is 2. The van der Waals surface area contributed by atoms with Crippen LogP contribution in [0.1, 0.15) is 49.6 Å². The molecule has 1 amide bonds. The summed E-state index contributed by atoms with van der Waals surface area (Å²) < 4.78 is 56.5. The van der Waals surface area contributed by atoms with E-state index in [9.17, 15) is 18.0 Å². The Morgan fingerprint density at radius 1 is 1.05 bits per heavy atom. The molecule has 2 saturated heterocycles. The standard InChI is InChI=1S/C24H23F3N2O3.C8H14N2O/c25-24(26,27)21-12-19(3-2-18-4-7-20(8-5-18)28-17-30)6-9-22(21)32-11-1-10-29-13-23(14-29)15-31-16-23;1-8(2,3)6-5-7(9-4)10-11-6/h4-9,12,17H,1,10-11,13-16H2,(H,28,30);5H,1-4H3,(H,9,10). The van der Waals surface area contributed by atoms with E-state index in [1.807, 2.05) is 13.1 Å². The molecule has 0 saturated carbocycles. The van der Waals surface area contributed by atoms with Gasteiger partial charge in [0.2, 0.25) is 6.41 Å². The van der Waals surface area contributed by atoms with Crippen LogP contribution in [0.4, 0.5) is 24.7 Å². The summed E-state index contributed by atoms with van der Waals surface area (Å²) in [4.78, 5) is 12.7. The highest BCUT2D eigenvalue weighted by Crippen LogP contribution is 2.38. The highest BCUT2D eigenvalue weighted by atomic mass is 19.4. The zero-order valence-electron chi connectivity index (χ0n) is 24.8. The van der Waals surface area contributed by atoms with Gasteiger partial charge < -0.3 is 29.5 Å². The molecule has 230 valence electrons. The molecule has 0 atom stereocenters. The van der Waals surface area contributed by atoms with Gasteiger partial charge in [0.05, 0.1) is 25.4 Å². The van der Waals surface area contributed by atoms with Crippen molar-refractivity contribution in [1.29, 1.82) is 0 Å². The molecule has 1 spiro atoms. The predicted octanol–water partition coefficient (Wildman–Crippen LogP) is 5.79. The summed E-state index contributed by atoms with van der Waals surface area (Å²) in [6, 6.07) is 12.5. The minimum atomic E-state index is -4.54. The third-order valence-electron chi connectivity index (χ3n) is 7.06. The number of rotatable bonds is 8. The zero-order valence-corrected chi connectivity index (χ0v) is 24.8. The van der Waals surface area contributed by atoms with Crippen molar-refractivity contribution in [2.45, 2.75) is 38.8 Å². The highest BCUT2D eigenvalue weighted by molar-refractivity contribution is 5.71. The molecule has 0 bridgehead atoms. The average molecular weight is 599 g/mol. The molecule has 0 unspecified atom stereocenters. The van der Waals surface area contributed by atoms with Crippen LogP contribution in [0, 0.1) is 17.3 Å². The van der Waals surface area contributed by atoms with Gasteiger partial charge in [-0.25, -0.2) is 0 Å². The molecule has 11 heteroatoms. The second kappa shape index (κ2) is 13.5. The van der Waals surface area contributed by atoms with Crippen molar-refractivity contribution in [3.05, 3.63) is 71.0 Å². The Balaban J connectivity index is 0.000000324. The number of nitrogens with zero attached hydrogens (tertiary/aromatic N) is 2. The van der Waals surface area contributed by atoms with Gasteiger partial charge in [-0.3, -0.25) is 4.79 Å². The molecule has 2 fully saturated rings. The number of anilines is 2. The second-order valence-corrected chi connectivity index (χ2v) is 11.8. The second-order valence-electron chi connectivity index (χ2n) is 11.8. The number of hydrogen-bond donors (Lipinski definition) is 2. The minimum Gasteiger partial charge on any atom is -0.493 e. The Bertz CT molecular complexity index is 1420. The number of benzene rings is 2. The first kappa shape index (κ1) is 31.9. The van der Waals surface area contributed by atoms with Crippen molar-refractivity contribution in [3.8, 4) is 17.6 Å². The van der Waals surface area contributed by atoms with E-state index in [2.05, 4.69) is 53.3 Å². The summed E-state index contributed by atoms with van der Waals surface area (Å²) in [5.41, 5.74) is 1.02. The Labute approximate surface area is 249 Å². The lowest BCUT2D eigenvalue weighted by Gasteiger charge is -2.55. The third-order valence-corrected chi connectivity index (χ3v) is 7.06. The van der Waals surface area contributed by atoms with E-state index in [0.717, 1.165) is 50.5 Å². The number of carbonyl (C=O) groups excluding carboxylic acids is 1. The first-order valence-corrected chi connectivity index (χ1v) is 14.0. The van der Waals surface area contributed by atoms with Crippen LogP contribution in [0.15, 0.2) is 53.1 Å². The number of alkyl halides is 3. The first-order valence-electron chi connectivity index (χ1n) is 14.0. The number of aromatic nitrogens is 1. The first-order chi connectivity index (χ1) is 20.4. The molecule has 0 aliphatic carbocycles. The SMILES string of the molecule is CNc1cc(C(C)(C)C)on1.O=CNc1ccc(C#Cc2ccc(OCCCN3CC4(COC4)C3)c(C(F)(F)F)c2)cc1. The fourth-order valence-electron chi connectivity index (χ4n) is 4.67. The number of amides is 1. The van der Waals surface area contributed by atoms with E-state index in [1.165, 1.54) is 12.1 Å². The maximum Gasteiger partial charge on any atom is 0.420 e. The molecule has 5 rings (SSSR count).